The molecular weight excluding hydrogens is 335 g/mol. The van der Waals surface area contributed by atoms with Crippen molar-refractivity contribution in [3.8, 4) is 0 Å². The molecule has 3 rings (SSSR count). The van der Waals surface area contributed by atoms with Crippen molar-refractivity contribution >= 4 is 17.6 Å². The summed E-state index contributed by atoms with van der Waals surface area (Å²) in [5.74, 6) is 0. The summed E-state index contributed by atoms with van der Waals surface area (Å²) >= 11 is 0. The maximum Gasteiger partial charge on any atom is 0.238 e. The van der Waals surface area contributed by atoms with E-state index in [1.807, 2.05) is 0 Å². The summed E-state index contributed by atoms with van der Waals surface area (Å²) in [6.07, 6.45) is 8.28. The number of allylic oxidation sites excluding steroid dienone is 3. The second-order valence-electron chi connectivity index (χ2n) is 8.89. The lowest BCUT2D eigenvalue weighted by Gasteiger charge is -2.27. The van der Waals surface area contributed by atoms with Crippen LogP contribution in [-0.2, 0) is 0 Å². The minimum atomic E-state index is 0.340. The van der Waals surface area contributed by atoms with E-state index < -0.39 is 0 Å². The fourth-order valence-electron chi connectivity index (χ4n) is 5.53. The van der Waals surface area contributed by atoms with Crippen molar-refractivity contribution in [2.24, 2.45) is 0 Å². The minimum Gasteiger partial charge on any atom is -0.103 e. The Balaban J connectivity index is 2.36. The molecule has 1 heteroatoms. The lowest BCUT2D eigenvalue weighted by Crippen LogP contribution is -2.49. The van der Waals surface area contributed by atoms with Gasteiger partial charge in [0.25, 0.3) is 0 Å². The molecule has 0 aliphatic heterocycles. The van der Waals surface area contributed by atoms with Crippen LogP contribution < -0.4 is 10.9 Å². The molecule has 0 unspecified atom stereocenters. The van der Waals surface area contributed by atoms with Gasteiger partial charge in [-0.3, -0.25) is 0 Å². The Morgan fingerprint density at radius 3 is 1.54 bits per heavy atom. The highest BCUT2D eigenvalue weighted by Crippen LogP contribution is 2.31. The molecule has 0 amide bonds. The van der Waals surface area contributed by atoms with E-state index in [2.05, 4.69) is 78.5 Å². The first kappa shape index (κ1) is 20.7. The molecule has 0 spiro atoms. The second kappa shape index (κ2) is 8.56. The predicted octanol–water partition coefficient (Wildman–Crippen LogP) is 6.13. The molecule has 0 radical (unpaired) electrons. The Labute approximate surface area is 172 Å². The van der Waals surface area contributed by atoms with Crippen LogP contribution in [0.2, 0.25) is 0 Å². The van der Waals surface area contributed by atoms with Crippen LogP contribution in [0.1, 0.15) is 65.5 Å². The molecule has 1 aliphatic rings. The van der Waals surface area contributed by atoms with Gasteiger partial charge in [-0.2, -0.15) is 0 Å². The van der Waals surface area contributed by atoms with Crippen LogP contribution in [0, 0.1) is 41.5 Å². The number of aryl methyl sites for hydroxylation is 6. The highest BCUT2D eigenvalue weighted by atomic mass is 14.2. The van der Waals surface area contributed by atoms with E-state index in [4.69, 9.17) is 0 Å². The van der Waals surface area contributed by atoms with Gasteiger partial charge in [0.1, 0.15) is 0 Å². The molecule has 146 valence electrons. The molecule has 1 fully saturated rings. The van der Waals surface area contributed by atoms with Crippen LogP contribution in [0.25, 0.3) is 0 Å². The summed E-state index contributed by atoms with van der Waals surface area (Å²) in [5, 5.41) is 0. The molecule has 1 aliphatic carbocycles. The van der Waals surface area contributed by atoms with Gasteiger partial charge in [-0.15, -0.1) is 6.58 Å². The van der Waals surface area contributed by atoms with Gasteiger partial charge < -0.3 is 0 Å². The van der Waals surface area contributed by atoms with E-state index >= 15 is 0 Å². The Morgan fingerprint density at radius 1 is 0.786 bits per heavy atom. The monoisotopic (exact) mass is 370 g/mol. The maximum atomic E-state index is 4.13. The van der Waals surface area contributed by atoms with Gasteiger partial charge in [-0.05, 0) is 73.6 Å². The van der Waals surface area contributed by atoms with E-state index in [9.17, 15) is 0 Å². The minimum absolute atomic E-state index is 0.340. The van der Waals surface area contributed by atoms with Crippen molar-refractivity contribution in [3.05, 3.63) is 81.3 Å². The van der Waals surface area contributed by atoms with Crippen molar-refractivity contribution in [1.29, 1.82) is 0 Å². The SMILES string of the molecule is C=CCC(B(c1c(C)cc(C)cc1C)c1c(C)cc(C)cc1C)=C1CCCC1. The molecule has 0 atom stereocenters. The number of hydrogen-bond acceptors (Lipinski definition) is 0. The van der Waals surface area contributed by atoms with E-state index in [0.717, 1.165) is 6.42 Å². The van der Waals surface area contributed by atoms with Gasteiger partial charge in [0, 0.05) is 0 Å². The summed E-state index contributed by atoms with van der Waals surface area (Å²) in [7, 11) is 0. The van der Waals surface area contributed by atoms with Gasteiger partial charge in [-0.25, -0.2) is 0 Å². The molecule has 1 saturated carbocycles. The van der Waals surface area contributed by atoms with E-state index in [1.165, 1.54) is 70.0 Å². The van der Waals surface area contributed by atoms with E-state index in [1.54, 1.807) is 11.0 Å². The third-order valence-corrected chi connectivity index (χ3v) is 6.43. The maximum absolute atomic E-state index is 4.13. The van der Waals surface area contributed by atoms with Gasteiger partial charge in [0.15, 0.2) is 0 Å². The molecule has 0 bridgehead atoms. The molecule has 0 N–H and O–H groups in total. The summed E-state index contributed by atoms with van der Waals surface area (Å²) in [4.78, 5) is 0. The normalized spacial score (nSPS) is 13.7. The summed E-state index contributed by atoms with van der Waals surface area (Å²) in [5.41, 5.74) is 14.7. The Kier molecular flexibility index (Phi) is 6.33. The average molecular weight is 370 g/mol. The molecule has 0 heterocycles. The van der Waals surface area contributed by atoms with Gasteiger partial charge in [-0.1, -0.05) is 85.7 Å². The summed E-state index contributed by atoms with van der Waals surface area (Å²) in [6, 6.07) is 9.44. The predicted molar refractivity (Wildman–Crippen MR) is 127 cm³/mol. The average Bonchev–Trinajstić information content (AvgIpc) is 3.11. The highest BCUT2D eigenvalue weighted by Gasteiger charge is 2.31. The van der Waals surface area contributed by atoms with Crippen LogP contribution in [0.4, 0.5) is 0 Å². The van der Waals surface area contributed by atoms with E-state index in [0.29, 0.717) is 6.71 Å². The van der Waals surface area contributed by atoms with Crippen molar-refractivity contribution in [3.63, 3.8) is 0 Å². The quantitative estimate of drug-likeness (QED) is 0.439. The first-order valence-corrected chi connectivity index (χ1v) is 10.8. The van der Waals surface area contributed by atoms with Crippen molar-refractivity contribution < 1.29 is 0 Å². The van der Waals surface area contributed by atoms with Crippen LogP contribution in [0.3, 0.4) is 0 Å². The first-order chi connectivity index (χ1) is 13.3. The smallest absolute Gasteiger partial charge is 0.103 e. The van der Waals surface area contributed by atoms with Crippen LogP contribution in [-0.4, -0.2) is 6.71 Å². The molecule has 0 saturated heterocycles. The summed E-state index contributed by atoms with van der Waals surface area (Å²) in [6.45, 7) is 18.1. The lowest BCUT2D eigenvalue weighted by molar-refractivity contribution is 0.886. The van der Waals surface area contributed by atoms with E-state index in [-0.39, 0.29) is 0 Å². The molecular formula is C27H35B. The van der Waals surface area contributed by atoms with Crippen LogP contribution >= 0.6 is 0 Å². The third kappa shape index (κ3) is 4.04. The first-order valence-electron chi connectivity index (χ1n) is 10.8. The van der Waals surface area contributed by atoms with Crippen molar-refractivity contribution in [2.45, 2.75) is 73.6 Å². The fraction of sp³-hybridized carbons (Fsp3) is 0.407. The molecule has 28 heavy (non-hydrogen) atoms. The Hall–Kier alpha value is -2.02. The highest BCUT2D eigenvalue weighted by molar-refractivity contribution is 6.92. The van der Waals surface area contributed by atoms with Gasteiger partial charge in [0.2, 0.25) is 6.71 Å². The number of rotatable bonds is 5. The third-order valence-electron chi connectivity index (χ3n) is 6.43. The Morgan fingerprint density at radius 2 is 1.18 bits per heavy atom. The van der Waals surface area contributed by atoms with Crippen LogP contribution in [0.15, 0.2) is 48.0 Å². The molecule has 2 aromatic carbocycles. The topological polar surface area (TPSA) is 0 Å². The Bertz CT molecular complexity index is 818. The van der Waals surface area contributed by atoms with Crippen molar-refractivity contribution in [2.75, 3.05) is 0 Å². The number of hydrogen-bond donors (Lipinski definition) is 0. The zero-order valence-electron chi connectivity index (χ0n) is 18.7. The zero-order chi connectivity index (χ0) is 20.4. The molecule has 0 nitrogen and oxygen atoms in total. The zero-order valence-corrected chi connectivity index (χ0v) is 18.7. The second-order valence-corrected chi connectivity index (χ2v) is 8.89. The fourth-order valence-corrected chi connectivity index (χ4v) is 5.53. The van der Waals surface area contributed by atoms with Gasteiger partial charge >= 0.3 is 0 Å². The lowest BCUT2D eigenvalue weighted by atomic mass is 9.32. The molecule has 0 aromatic heterocycles. The largest absolute Gasteiger partial charge is 0.238 e. The van der Waals surface area contributed by atoms with Crippen molar-refractivity contribution in [1.82, 2.24) is 0 Å². The number of benzene rings is 2. The van der Waals surface area contributed by atoms with Gasteiger partial charge in [0.05, 0.1) is 0 Å². The molecule has 2 aromatic rings. The van der Waals surface area contributed by atoms with Crippen LogP contribution in [0.5, 0.6) is 0 Å². The standard InChI is InChI=1S/C27H35B/c1-8-11-25(24-12-9-10-13-24)28(26-20(4)14-18(2)15-21(26)5)27-22(6)16-19(3)17-23(27)7/h8,14-17H,1,9-13H2,2-7H3. The summed E-state index contributed by atoms with van der Waals surface area (Å²) < 4.78 is 0.